The third-order valence-corrected chi connectivity index (χ3v) is 7.61. The van der Waals surface area contributed by atoms with Gasteiger partial charge < -0.3 is 0 Å². The first-order chi connectivity index (χ1) is 14.2. The molecule has 2 aliphatic carbocycles. The molecule has 4 aromatic carbocycles. The van der Waals surface area contributed by atoms with E-state index in [1.807, 2.05) is 0 Å². The molecule has 1 heteroatoms. The van der Waals surface area contributed by atoms with Crippen molar-refractivity contribution >= 4 is 24.1 Å². The Labute approximate surface area is 180 Å². The first-order valence-electron chi connectivity index (χ1n) is 10.8. The molecule has 0 atom stereocenters. The molecule has 144 valence electrons. The molecule has 0 nitrogen and oxygen atoms in total. The van der Waals surface area contributed by atoms with Crippen molar-refractivity contribution in [3.8, 4) is 22.3 Å². The Balaban J connectivity index is 1.76. The van der Waals surface area contributed by atoms with E-state index in [4.69, 9.17) is 7.85 Å². The molecular formula is C29H25B. The molecule has 0 saturated carbocycles. The molecule has 0 bridgehead atoms. The van der Waals surface area contributed by atoms with Gasteiger partial charge in [-0.15, -0.1) is 0 Å². The van der Waals surface area contributed by atoms with Gasteiger partial charge in [0, 0.05) is 10.8 Å². The zero-order valence-corrected chi connectivity index (χ0v) is 18.4. The van der Waals surface area contributed by atoms with E-state index in [1.54, 1.807) is 0 Å². The van der Waals surface area contributed by atoms with Crippen molar-refractivity contribution in [3.05, 3.63) is 88.5 Å². The molecule has 0 aliphatic heterocycles. The Morgan fingerprint density at radius 1 is 0.633 bits per heavy atom. The number of hydrogen-bond donors (Lipinski definition) is 0. The van der Waals surface area contributed by atoms with E-state index in [1.165, 1.54) is 55.5 Å². The highest BCUT2D eigenvalue weighted by Crippen LogP contribution is 2.59. The van der Waals surface area contributed by atoms with Crippen LogP contribution >= 0.6 is 0 Å². The second-order valence-corrected chi connectivity index (χ2v) is 10.1. The number of aryl methyl sites for hydroxylation is 1. The molecule has 0 aromatic heterocycles. The van der Waals surface area contributed by atoms with E-state index in [2.05, 4.69) is 95.3 Å². The number of rotatable bonds is 0. The van der Waals surface area contributed by atoms with Gasteiger partial charge in [-0.2, -0.15) is 0 Å². The lowest BCUT2D eigenvalue weighted by molar-refractivity contribution is 0.601. The van der Waals surface area contributed by atoms with Gasteiger partial charge in [-0.3, -0.25) is 0 Å². The molecule has 4 aromatic rings. The minimum atomic E-state index is -0.0947. The maximum atomic E-state index is 6.54. The van der Waals surface area contributed by atoms with E-state index in [9.17, 15) is 0 Å². The summed E-state index contributed by atoms with van der Waals surface area (Å²) >= 11 is 0. The van der Waals surface area contributed by atoms with Gasteiger partial charge in [0.1, 0.15) is 7.85 Å². The van der Waals surface area contributed by atoms with Crippen molar-refractivity contribution in [2.24, 2.45) is 0 Å². The van der Waals surface area contributed by atoms with Gasteiger partial charge in [0.05, 0.1) is 0 Å². The molecule has 0 fully saturated rings. The van der Waals surface area contributed by atoms with Gasteiger partial charge in [0.25, 0.3) is 0 Å². The van der Waals surface area contributed by atoms with Crippen molar-refractivity contribution in [2.45, 2.75) is 45.4 Å². The lowest BCUT2D eigenvalue weighted by Gasteiger charge is -2.31. The molecule has 30 heavy (non-hydrogen) atoms. The van der Waals surface area contributed by atoms with Crippen LogP contribution in [-0.2, 0) is 10.8 Å². The SMILES string of the molecule is [B]c1cc2c(c3ccccc13)-c1ccc3c(c1C2(C)C)C(C)(C)c1cc(C)ccc1-3. The van der Waals surface area contributed by atoms with Crippen molar-refractivity contribution in [3.63, 3.8) is 0 Å². The molecule has 0 spiro atoms. The number of fused-ring (bicyclic) bond motifs is 9. The van der Waals surface area contributed by atoms with Crippen LogP contribution in [0, 0.1) is 6.92 Å². The quantitative estimate of drug-likeness (QED) is 0.302. The molecule has 2 aliphatic rings. The smallest absolute Gasteiger partial charge is 0.0886 e. The van der Waals surface area contributed by atoms with Gasteiger partial charge in [-0.05, 0) is 62.2 Å². The zero-order valence-electron chi connectivity index (χ0n) is 18.4. The van der Waals surface area contributed by atoms with E-state index >= 15 is 0 Å². The third-order valence-electron chi connectivity index (χ3n) is 7.61. The first-order valence-corrected chi connectivity index (χ1v) is 10.8. The fourth-order valence-corrected chi connectivity index (χ4v) is 6.20. The Hall–Kier alpha value is -2.80. The van der Waals surface area contributed by atoms with Crippen LogP contribution < -0.4 is 5.46 Å². The minimum Gasteiger partial charge on any atom is -0.0886 e. The minimum absolute atomic E-state index is 0.0251. The van der Waals surface area contributed by atoms with Crippen LogP contribution in [0.2, 0.25) is 0 Å². The van der Waals surface area contributed by atoms with Crippen molar-refractivity contribution in [1.29, 1.82) is 0 Å². The van der Waals surface area contributed by atoms with E-state index < -0.39 is 0 Å². The van der Waals surface area contributed by atoms with Gasteiger partial charge in [-0.1, -0.05) is 99.4 Å². The third kappa shape index (κ3) is 1.99. The Kier molecular flexibility index (Phi) is 3.28. The van der Waals surface area contributed by atoms with Crippen LogP contribution in [0.4, 0.5) is 0 Å². The molecule has 0 saturated heterocycles. The lowest BCUT2D eigenvalue weighted by Crippen LogP contribution is -2.24. The number of hydrogen-bond acceptors (Lipinski definition) is 0. The van der Waals surface area contributed by atoms with Crippen molar-refractivity contribution in [2.75, 3.05) is 0 Å². The fraction of sp³-hybridized carbons (Fsp3) is 0.241. The maximum absolute atomic E-state index is 6.54. The highest BCUT2D eigenvalue weighted by Gasteiger charge is 2.46. The predicted octanol–water partition coefficient (Wildman–Crippen LogP) is 6.55. The average molecular weight is 384 g/mol. The standard InChI is InChI=1S/C29H25B/c1-16-10-11-17-20-12-13-21-25-19-9-7-6-8-18(19)24(30)15-23(25)29(4,5)27(21)26(20)28(2,3)22(17)14-16/h6-15H,1-5H3. The number of benzene rings is 4. The second-order valence-electron chi connectivity index (χ2n) is 10.1. The monoisotopic (exact) mass is 384 g/mol. The van der Waals surface area contributed by atoms with Crippen LogP contribution in [0.1, 0.15) is 55.5 Å². The van der Waals surface area contributed by atoms with Crippen LogP contribution in [-0.4, -0.2) is 7.85 Å². The molecule has 6 rings (SSSR count). The summed E-state index contributed by atoms with van der Waals surface area (Å²) in [5.41, 5.74) is 13.4. The first kappa shape index (κ1) is 18.0. The molecule has 2 radical (unpaired) electrons. The van der Waals surface area contributed by atoms with Gasteiger partial charge >= 0.3 is 0 Å². The highest BCUT2D eigenvalue weighted by molar-refractivity contribution is 6.39. The highest BCUT2D eigenvalue weighted by atomic mass is 14.5. The van der Waals surface area contributed by atoms with Gasteiger partial charge in [-0.25, -0.2) is 0 Å². The summed E-state index contributed by atoms with van der Waals surface area (Å²) in [6.45, 7) is 11.7. The van der Waals surface area contributed by atoms with Crippen molar-refractivity contribution in [1.82, 2.24) is 0 Å². The largest absolute Gasteiger partial charge is 0.114 e. The molecule has 0 amide bonds. The average Bonchev–Trinajstić information content (AvgIpc) is 3.07. The van der Waals surface area contributed by atoms with Crippen LogP contribution in [0.3, 0.4) is 0 Å². The predicted molar refractivity (Wildman–Crippen MR) is 129 cm³/mol. The summed E-state index contributed by atoms with van der Waals surface area (Å²) in [6, 6.07) is 22.5. The molecule has 0 unspecified atom stereocenters. The van der Waals surface area contributed by atoms with Gasteiger partial charge in [0.15, 0.2) is 0 Å². The second kappa shape index (κ2) is 5.46. The van der Waals surface area contributed by atoms with E-state index in [0.717, 1.165) is 10.8 Å². The van der Waals surface area contributed by atoms with Crippen molar-refractivity contribution < 1.29 is 0 Å². The fourth-order valence-electron chi connectivity index (χ4n) is 6.20. The van der Waals surface area contributed by atoms with Crippen LogP contribution in [0.25, 0.3) is 33.0 Å². The molecule has 0 N–H and O–H groups in total. The summed E-state index contributed by atoms with van der Waals surface area (Å²) in [5.74, 6) is 0. The van der Waals surface area contributed by atoms with E-state index in [0.29, 0.717) is 0 Å². The van der Waals surface area contributed by atoms with Crippen LogP contribution in [0.15, 0.2) is 60.7 Å². The summed E-state index contributed by atoms with van der Waals surface area (Å²) < 4.78 is 0. The summed E-state index contributed by atoms with van der Waals surface area (Å²) in [7, 11) is 6.54. The topological polar surface area (TPSA) is 0 Å². The summed E-state index contributed by atoms with van der Waals surface area (Å²) in [6.07, 6.45) is 0. The van der Waals surface area contributed by atoms with Gasteiger partial charge in [0.2, 0.25) is 0 Å². The lowest BCUT2D eigenvalue weighted by atomic mass is 9.72. The Morgan fingerprint density at radius 2 is 1.23 bits per heavy atom. The normalized spacial score (nSPS) is 16.8. The van der Waals surface area contributed by atoms with Crippen LogP contribution in [0.5, 0.6) is 0 Å². The maximum Gasteiger partial charge on any atom is 0.114 e. The zero-order chi connectivity index (χ0) is 21.0. The summed E-state index contributed by atoms with van der Waals surface area (Å²) in [5, 5.41) is 2.42. The molecule has 0 heterocycles. The molecular weight excluding hydrogens is 359 g/mol. The van der Waals surface area contributed by atoms with E-state index in [-0.39, 0.29) is 10.8 Å². The Morgan fingerprint density at radius 3 is 2.00 bits per heavy atom. The summed E-state index contributed by atoms with van der Waals surface area (Å²) in [4.78, 5) is 0. The Bertz CT molecular complexity index is 1400.